The van der Waals surface area contributed by atoms with Crippen LogP contribution in [-0.4, -0.2) is 32.6 Å². The average Bonchev–Trinajstić information content (AvgIpc) is 3.32. The maximum absolute atomic E-state index is 12.4. The number of thioether (sulfide) groups is 1. The van der Waals surface area contributed by atoms with E-state index in [0.717, 1.165) is 28.0 Å². The summed E-state index contributed by atoms with van der Waals surface area (Å²) in [6, 6.07) is 22.9. The predicted octanol–water partition coefficient (Wildman–Crippen LogP) is 6.65. The van der Waals surface area contributed by atoms with Gasteiger partial charge in [0, 0.05) is 17.6 Å². The van der Waals surface area contributed by atoms with E-state index >= 15 is 0 Å². The number of nitrogens with zero attached hydrogens (tertiary/aromatic N) is 4. The van der Waals surface area contributed by atoms with Gasteiger partial charge in [-0.1, -0.05) is 98.4 Å². The molecule has 0 radical (unpaired) electrons. The van der Waals surface area contributed by atoms with Crippen LogP contribution in [0, 0.1) is 0 Å². The van der Waals surface area contributed by atoms with Gasteiger partial charge in [0.25, 0.3) is 5.91 Å². The lowest BCUT2D eigenvalue weighted by Crippen LogP contribution is -2.20. The zero-order valence-corrected chi connectivity index (χ0v) is 23.4. The fraction of sp³-hybridized carbons (Fsp3) is 0.226. The highest BCUT2D eigenvalue weighted by molar-refractivity contribution is 7.99. The minimum absolute atomic E-state index is 0.169. The summed E-state index contributed by atoms with van der Waals surface area (Å²) in [5, 5.41) is 19.2. The normalized spacial score (nSPS) is 11.8. The molecule has 0 aliphatic rings. The Bertz CT molecular complexity index is 1480. The lowest BCUT2D eigenvalue weighted by molar-refractivity contribution is -0.118. The van der Waals surface area contributed by atoms with E-state index in [1.165, 1.54) is 22.7 Å². The van der Waals surface area contributed by atoms with Crippen LogP contribution >= 0.6 is 11.8 Å². The molecule has 0 saturated carbocycles. The Balaban J connectivity index is 1.31. The zero-order valence-electron chi connectivity index (χ0n) is 22.6. The van der Waals surface area contributed by atoms with Crippen molar-refractivity contribution in [1.29, 1.82) is 0 Å². The molecule has 1 heterocycles. The van der Waals surface area contributed by atoms with Crippen molar-refractivity contribution in [3.05, 3.63) is 102 Å². The van der Waals surface area contributed by atoms with Crippen molar-refractivity contribution in [3.63, 3.8) is 0 Å². The van der Waals surface area contributed by atoms with E-state index in [1.807, 2.05) is 35.8 Å². The molecular formula is C31H34N6OS. The molecule has 39 heavy (non-hydrogen) atoms. The third kappa shape index (κ3) is 7.67. The Labute approximate surface area is 234 Å². The molecule has 4 rings (SSSR count). The highest BCUT2D eigenvalue weighted by Crippen LogP contribution is 2.24. The number of allylic oxidation sites excluding steroid dienone is 2. The fourth-order valence-electron chi connectivity index (χ4n) is 4.07. The summed E-state index contributed by atoms with van der Waals surface area (Å²) in [7, 11) is 0. The number of hydrogen-bond acceptors (Lipinski definition) is 6. The minimum Gasteiger partial charge on any atom is -0.377 e. The Hall–Kier alpha value is -4.17. The number of rotatable bonds is 12. The second-order valence-electron chi connectivity index (χ2n) is 9.47. The topological polar surface area (TPSA) is 84.2 Å². The molecule has 4 aromatic rings. The highest BCUT2D eigenvalue weighted by atomic mass is 32.2. The van der Waals surface area contributed by atoms with Gasteiger partial charge in [-0.15, -0.1) is 16.8 Å². The molecule has 2 N–H and O–H groups in total. The first-order valence-electron chi connectivity index (χ1n) is 12.9. The van der Waals surface area contributed by atoms with Crippen LogP contribution in [0.5, 0.6) is 0 Å². The van der Waals surface area contributed by atoms with Gasteiger partial charge in [-0.3, -0.25) is 4.79 Å². The molecule has 1 aromatic heterocycles. The molecule has 0 aliphatic carbocycles. The molecule has 8 heteroatoms. The number of aromatic nitrogens is 3. The number of nitrogens with one attached hydrogen (secondary N) is 2. The first-order chi connectivity index (χ1) is 18.9. The van der Waals surface area contributed by atoms with Gasteiger partial charge in [0.15, 0.2) is 11.0 Å². The molecule has 0 aliphatic heterocycles. The average molecular weight is 539 g/mol. The van der Waals surface area contributed by atoms with Crippen molar-refractivity contribution in [2.75, 3.05) is 11.1 Å². The summed E-state index contributed by atoms with van der Waals surface area (Å²) >= 11 is 1.32. The molecular weight excluding hydrogens is 504 g/mol. The summed E-state index contributed by atoms with van der Waals surface area (Å²) in [5.74, 6) is 1.23. The smallest absolute Gasteiger partial charge is 0.250 e. The van der Waals surface area contributed by atoms with Crippen LogP contribution in [0.15, 0.2) is 95.2 Å². The maximum atomic E-state index is 12.4. The summed E-state index contributed by atoms with van der Waals surface area (Å²) in [4.78, 5) is 12.4. The van der Waals surface area contributed by atoms with Gasteiger partial charge in [0.2, 0.25) is 0 Å². The van der Waals surface area contributed by atoms with Crippen molar-refractivity contribution < 1.29 is 4.79 Å². The molecule has 0 atom stereocenters. The standard InChI is InChI=1S/C31H34N6OS/c1-5-17-37-29(20-32-28-12-8-10-26-9-6-7-11-27(26)28)34-36-31(37)39-21-30(38)35-33-19-23(4)18-24-13-15-25(16-14-24)22(2)3/h5-16,18-19,22,32H,1,17,20-21H2,2-4H3,(H,35,38)/b23-18-,33-19-. The summed E-state index contributed by atoms with van der Waals surface area (Å²) in [6.45, 7) is 11.2. The molecule has 0 bridgehead atoms. The van der Waals surface area contributed by atoms with E-state index < -0.39 is 0 Å². The largest absolute Gasteiger partial charge is 0.377 e. The summed E-state index contributed by atoms with van der Waals surface area (Å²) < 4.78 is 1.96. The van der Waals surface area contributed by atoms with Crippen LogP contribution < -0.4 is 10.7 Å². The van der Waals surface area contributed by atoms with Gasteiger partial charge in [0.1, 0.15) is 0 Å². The molecule has 0 spiro atoms. The van der Waals surface area contributed by atoms with Crippen molar-refractivity contribution in [2.45, 2.75) is 44.9 Å². The fourth-order valence-corrected chi connectivity index (χ4v) is 4.83. The number of hydrogen-bond donors (Lipinski definition) is 2. The van der Waals surface area contributed by atoms with E-state index in [2.05, 4.69) is 95.0 Å². The Kier molecular flexibility index (Phi) is 9.69. The quantitative estimate of drug-likeness (QED) is 0.0913. The van der Waals surface area contributed by atoms with Crippen LogP contribution in [0.1, 0.15) is 43.6 Å². The molecule has 7 nitrogen and oxygen atoms in total. The number of fused-ring (bicyclic) bond motifs is 1. The monoisotopic (exact) mass is 538 g/mol. The van der Waals surface area contributed by atoms with Crippen LogP contribution in [0.3, 0.4) is 0 Å². The molecule has 0 fully saturated rings. The van der Waals surface area contributed by atoms with Gasteiger partial charge in [-0.25, -0.2) is 5.43 Å². The third-order valence-corrected chi connectivity index (χ3v) is 7.09. The highest BCUT2D eigenvalue weighted by Gasteiger charge is 2.14. The van der Waals surface area contributed by atoms with Crippen molar-refractivity contribution in [1.82, 2.24) is 20.2 Å². The van der Waals surface area contributed by atoms with Crippen LogP contribution in [0.25, 0.3) is 16.8 Å². The second-order valence-corrected chi connectivity index (χ2v) is 10.4. The van der Waals surface area contributed by atoms with E-state index in [4.69, 9.17) is 0 Å². The SMILES string of the molecule is C=CCn1c(CNc2cccc3ccccc23)nnc1SCC(=O)N/N=C\C(C)=C/c1ccc(C(C)C)cc1. The number of carbonyl (C=O) groups is 1. The van der Waals surface area contributed by atoms with Gasteiger partial charge in [0.05, 0.1) is 18.5 Å². The van der Waals surface area contributed by atoms with Crippen LogP contribution in [-0.2, 0) is 17.9 Å². The zero-order chi connectivity index (χ0) is 27.6. The van der Waals surface area contributed by atoms with Gasteiger partial charge in [-0.2, -0.15) is 5.10 Å². The Morgan fingerprint density at radius 1 is 1.08 bits per heavy atom. The summed E-state index contributed by atoms with van der Waals surface area (Å²) in [5.41, 5.74) is 6.97. The number of benzene rings is 3. The van der Waals surface area contributed by atoms with Crippen LogP contribution in [0.4, 0.5) is 5.69 Å². The van der Waals surface area contributed by atoms with E-state index in [1.54, 1.807) is 12.3 Å². The first-order valence-corrected chi connectivity index (χ1v) is 13.9. The number of anilines is 1. The number of carbonyl (C=O) groups excluding carboxylic acids is 1. The van der Waals surface area contributed by atoms with Crippen molar-refractivity contribution in [3.8, 4) is 0 Å². The van der Waals surface area contributed by atoms with E-state index in [9.17, 15) is 4.79 Å². The van der Waals surface area contributed by atoms with Gasteiger partial charge < -0.3 is 9.88 Å². The lowest BCUT2D eigenvalue weighted by Gasteiger charge is -2.11. The van der Waals surface area contributed by atoms with E-state index in [-0.39, 0.29) is 11.7 Å². The minimum atomic E-state index is -0.214. The molecule has 3 aromatic carbocycles. The Morgan fingerprint density at radius 2 is 1.85 bits per heavy atom. The Morgan fingerprint density at radius 3 is 2.62 bits per heavy atom. The first kappa shape index (κ1) is 27.9. The molecule has 200 valence electrons. The number of hydrazone groups is 1. The van der Waals surface area contributed by atoms with Crippen LogP contribution in [0.2, 0.25) is 0 Å². The molecule has 0 saturated heterocycles. The summed E-state index contributed by atoms with van der Waals surface area (Å²) in [6.07, 6.45) is 5.47. The second kappa shape index (κ2) is 13.6. The molecule has 0 unspecified atom stereocenters. The molecule has 1 amide bonds. The van der Waals surface area contributed by atoms with Crippen molar-refractivity contribution in [2.24, 2.45) is 5.10 Å². The number of amides is 1. The lowest BCUT2D eigenvalue weighted by atomic mass is 10.0. The van der Waals surface area contributed by atoms with Crippen molar-refractivity contribution >= 4 is 46.4 Å². The van der Waals surface area contributed by atoms with Gasteiger partial charge in [-0.05, 0) is 41.0 Å². The van der Waals surface area contributed by atoms with E-state index in [0.29, 0.717) is 24.2 Å². The maximum Gasteiger partial charge on any atom is 0.250 e. The predicted molar refractivity (Wildman–Crippen MR) is 163 cm³/mol. The third-order valence-electron chi connectivity index (χ3n) is 6.12. The van der Waals surface area contributed by atoms with Gasteiger partial charge >= 0.3 is 0 Å².